The number of methoxy groups -OCH3 is 1. The number of nitrogens with zero attached hydrogens (tertiary/aromatic N) is 2. The van der Waals surface area contributed by atoms with E-state index in [0.29, 0.717) is 30.9 Å². The summed E-state index contributed by atoms with van der Waals surface area (Å²) in [6.07, 6.45) is 2.64. The highest BCUT2D eigenvalue weighted by atomic mass is 16.5. The van der Waals surface area contributed by atoms with Gasteiger partial charge in [-0.05, 0) is 79.3 Å². The Bertz CT molecular complexity index is 1460. The maximum absolute atomic E-state index is 13.9. The SMILES string of the molecule is COc1cccc(C=C(NC(=O)c2ccc(C)c(C)c2)C(=O)N2CC3CC(C2)c2cccc(=O)n2C3)c1. The molecule has 2 unspecified atom stereocenters. The van der Waals surface area contributed by atoms with Gasteiger partial charge in [0.05, 0.1) is 7.11 Å². The number of likely N-dealkylation sites (tertiary alicyclic amines) is 1. The summed E-state index contributed by atoms with van der Waals surface area (Å²) in [5.41, 5.74) is 4.54. The van der Waals surface area contributed by atoms with Crippen molar-refractivity contribution in [2.24, 2.45) is 5.92 Å². The van der Waals surface area contributed by atoms with Gasteiger partial charge >= 0.3 is 0 Å². The minimum absolute atomic E-state index is 0.00578. The smallest absolute Gasteiger partial charge is 0.270 e. The van der Waals surface area contributed by atoms with Gasteiger partial charge in [-0.25, -0.2) is 0 Å². The first-order valence-electron chi connectivity index (χ1n) is 12.6. The van der Waals surface area contributed by atoms with Crippen LogP contribution in [0.15, 0.2) is 71.2 Å². The van der Waals surface area contributed by atoms with E-state index in [9.17, 15) is 14.4 Å². The second-order valence-corrected chi connectivity index (χ2v) is 10.00. The van der Waals surface area contributed by atoms with Crippen LogP contribution in [0.4, 0.5) is 0 Å². The Morgan fingerprint density at radius 3 is 2.57 bits per heavy atom. The molecule has 1 fully saturated rings. The number of rotatable bonds is 5. The third-order valence-electron chi connectivity index (χ3n) is 7.42. The van der Waals surface area contributed by atoms with Crippen LogP contribution in [0.25, 0.3) is 6.08 Å². The maximum atomic E-state index is 13.9. The van der Waals surface area contributed by atoms with Crippen molar-refractivity contribution >= 4 is 17.9 Å². The number of aromatic nitrogens is 1. The van der Waals surface area contributed by atoms with Crippen molar-refractivity contribution in [3.05, 3.63) is 105 Å². The van der Waals surface area contributed by atoms with Gasteiger partial charge in [0, 0.05) is 42.9 Å². The summed E-state index contributed by atoms with van der Waals surface area (Å²) in [6, 6.07) is 18.2. The average molecular weight is 498 g/mol. The van der Waals surface area contributed by atoms with Gasteiger partial charge in [-0.15, -0.1) is 0 Å². The zero-order valence-corrected chi connectivity index (χ0v) is 21.4. The van der Waals surface area contributed by atoms with Crippen molar-refractivity contribution in [1.29, 1.82) is 0 Å². The number of pyridine rings is 1. The van der Waals surface area contributed by atoms with Crippen LogP contribution in [-0.4, -0.2) is 41.5 Å². The molecule has 7 nitrogen and oxygen atoms in total. The normalized spacial score (nSPS) is 18.7. The Labute approximate surface area is 216 Å². The number of ether oxygens (including phenoxy) is 1. The molecular weight excluding hydrogens is 466 g/mol. The van der Waals surface area contributed by atoms with Gasteiger partial charge in [0.15, 0.2) is 0 Å². The highest BCUT2D eigenvalue weighted by molar-refractivity contribution is 6.05. The summed E-state index contributed by atoms with van der Waals surface area (Å²) in [5.74, 6) is 0.361. The van der Waals surface area contributed by atoms with Gasteiger partial charge in [-0.2, -0.15) is 0 Å². The van der Waals surface area contributed by atoms with Crippen molar-refractivity contribution in [2.45, 2.75) is 32.7 Å². The number of aryl methyl sites for hydroxylation is 2. The molecule has 7 heteroatoms. The fourth-order valence-electron chi connectivity index (χ4n) is 5.36. The monoisotopic (exact) mass is 497 g/mol. The van der Waals surface area contributed by atoms with Gasteiger partial charge in [0.2, 0.25) is 0 Å². The van der Waals surface area contributed by atoms with E-state index in [2.05, 4.69) is 5.32 Å². The molecule has 2 aliphatic rings. The Morgan fingerprint density at radius 1 is 0.973 bits per heavy atom. The first-order chi connectivity index (χ1) is 17.8. The van der Waals surface area contributed by atoms with E-state index in [1.165, 1.54) is 0 Å². The molecule has 1 aromatic heterocycles. The molecule has 1 saturated heterocycles. The van der Waals surface area contributed by atoms with E-state index in [1.54, 1.807) is 31.4 Å². The van der Waals surface area contributed by atoms with Gasteiger partial charge in [-0.1, -0.05) is 24.3 Å². The van der Waals surface area contributed by atoms with Crippen LogP contribution in [0.1, 0.15) is 45.1 Å². The molecular formula is C30H31N3O4. The number of benzene rings is 2. The van der Waals surface area contributed by atoms with Crippen molar-refractivity contribution < 1.29 is 14.3 Å². The first kappa shape index (κ1) is 24.6. The predicted octanol–water partition coefficient (Wildman–Crippen LogP) is 3.89. The molecule has 3 heterocycles. The van der Waals surface area contributed by atoms with E-state index in [-0.39, 0.29) is 34.9 Å². The Kier molecular flexibility index (Phi) is 6.70. The number of carbonyl (C=O) groups is 2. The van der Waals surface area contributed by atoms with Crippen LogP contribution in [0.3, 0.4) is 0 Å². The molecule has 0 saturated carbocycles. The minimum Gasteiger partial charge on any atom is -0.497 e. The van der Waals surface area contributed by atoms with Crippen molar-refractivity contribution in [3.8, 4) is 5.75 Å². The molecule has 2 amide bonds. The standard InChI is InChI=1S/C30H31N3O4/c1-19-10-11-23(12-20(19)2)29(35)31-26(15-21-6-4-7-25(14-21)37-3)30(36)32-16-22-13-24(18-32)27-8-5-9-28(34)33(27)17-22/h4-12,14-15,22,24H,13,16-18H2,1-3H3,(H,31,35). The molecule has 2 aliphatic heterocycles. The quantitative estimate of drug-likeness (QED) is 0.543. The molecule has 0 spiro atoms. The topological polar surface area (TPSA) is 80.6 Å². The largest absolute Gasteiger partial charge is 0.497 e. The molecule has 5 rings (SSSR count). The van der Waals surface area contributed by atoms with Crippen LogP contribution in [-0.2, 0) is 11.3 Å². The van der Waals surface area contributed by atoms with Crippen molar-refractivity contribution in [3.63, 3.8) is 0 Å². The second kappa shape index (κ2) is 10.1. The van der Waals surface area contributed by atoms with Gasteiger partial charge in [0.25, 0.3) is 17.4 Å². The van der Waals surface area contributed by atoms with E-state index < -0.39 is 0 Å². The Hall–Kier alpha value is -4.13. The number of fused-ring (bicyclic) bond motifs is 4. The van der Waals surface area contributed by atoms with Crippen molar-refractivity contribution in [1.82, 2.24) is 14.8 Å². The van der Waals surface area contributed by atoms with Gasteiger partial charge in [0.1, 0.15) is 11.4 Å². The Morgan fingerprint density at radius 2 is 1.78 bits per heavy atom. The van der Waals surface area contributed by atoms with Crippen LogP contribution >= 0.6 is 0 Å². The second-order valence-electron chi connectivity index (χ2n) is 10.00. The number of amides is 2. The molecule has 0 aliphatic carbocycles. The lowest BCUT2D eigenvalue weighted by molar-refractivity contribution is -0.130. The van der Waals surface area contributed by atoms with Gasteiger partial charge in [-0.3, -0.25) is 14.4 Å². The van der Waals surface area contributed by atoms with Crippen LogP contribution in [0, 0.1) is 19.8 Å². The first-order valence-corrected chi connectivity index (χ1v) is 12.6. The third-order valence-corrected chi connectivity index (χ3v) is 7.42. The van der Waals surface area contributed by atoms with E-state index in [1.807, 2.05) is 65.8 Å². The molecule has 3 aromatic rings. The maximum Gasteiger partial charge on any atom is 0.270 e. The van der Waals surface area contributed by atoms with Crippen molar-refractivity contribution in [2.75, 3.05) is 20.2 Å². The molecule has 37 heavy (non-hydrogen) atoms. The fraction of sp³-hybridized carbons (Fsp3) is 0.300. The van der Waals surface area contributed by atoms with Crippen LogP contribution < -0.4 is 15.6 Å². The summed E-state index contributed by atoms with van der Waals surface area (Å²) in [4.78, 5) is 41.3. The summed E-state index contributed by atoms with van der Waals surface area (Å²) in [5, 5.41) is 2.89. The highest BCUT2D eigenvalue weighted by Gasteiger charge is 2.37. The summed E-state index contributed by atoms with van der Waals surface area (Å²) < 4.78 is 7.18. The molecule has 2 aromatic carbocycles. The third kappa shape index (κ3) is 5.07. The van der Waals surface area contributed by atoms with Crippen LogP contribution in [0.2, 0.25) is 0 Å². The average Bonchev–Trinajstić information content (AvgIpc) is 2.90. The molecule has 190 valence electrons. The fourth-order valence-corrected chi connectivity index (χ4v) is 5.36. The number of hydrogen-bond donors (Lipinski definition) is 1. The lowest BCUT2D eigenvalue weighted by Gasteiger charge is -2.43. The summed E-state index contributed by atoms with van der Waals surface area (Å²) in [7, 11) is 1.59. The highest BCUT2D eigenvalue weighted by Crippen LogP contribution is 2.35. The summed E-state index contributed by atoms with van der Waals surface area (Å²) in [6.45, 7) is 5.58. The van der Waals surface area contributed by atoms with Crippen LogP contribution in [0.5, 0.6) is 5.75 Å². The van der Waals surface area contributed by atoms with E-state index in [0.717, 1.165) is 28.8 Å². The number of nitrogens with one attached hydrogen (secondary N) is 1. The summed E-state index contributed by atoms with van der Waals surface area (Å²) >= 11 is 0. The Balaban J connectivity index is 1.46. The molecule has 2 bridgehead atoms. The number of hydrogen-bond acceptors (Lipinski definition) is 4. The number of piperidine rings is 1. The molecule has 1 N–H and O–H groups in total. The molecule has 0 radical (unpaired) electrons. The zero-order chi connectivity index (χ0) is 26.1. The van der Waals surface area contributed by atoms with Gasteiger partial charge < -0.3 is 19.5 Å². The van der Waals surface area contributed by atoms with E-state index >= 15 is 0 Å². The lowest BCUT2D eigenvalue weighted by atomic mass is 9.83. The minimum atomic E-state index is -0.334. The predicted molar refractivity (Wildman–Crippen MR) is 142 cm³/mol. The molecule has 2 atom stereocenters. The number of carbonyl (C=O) groups excluding carboxylic acids is 2. The lowest BCUT2D eigenvalue weighted by Crippen LogP contribution is -2.50. The zero-order valence-electron chi connectivity index (χ0n) is 21.4. The van der Waals surface area contributed by atoms with E-state index in [4.69, 9.17) is 4.74 Å².